The van der Waals surface area contributed by atoms with Crippen molar-refractivity contribution in [2.24, 2.45) is 28.2 Å². The van der Waals surface area contributed by atoms with E-state index in [4.69, 9.17) is 58.0 Å². The van der Waals surface area contributed by atoms with Crippen LogP contribution in [0.25, 0.3) is 44.3 Å². The highest BCUT2D eigenvalue weighted by Gasteiger charge is 2.41. The van der Waals surface area contributed by atoms with Gasteiger partial charge in [0.25, 0.3) is 11.1 Å². The molecule has 10 aromatic rings. The second-order valence-electron chi connectivity index (χ2n) is 15.9. The molecule has 0 spiro atoms. The number of pyridine rings is 4. The van der Waals surface area contributed by atoms with Crippen molar-refractivity contribution in [2.75, 3.05) is 0 Å². The number of nitrogens with zero attached hydrogens (tertiary/aromatic N) is 10. The monoisotopic (exact) mass is 1000 g/mol. The van der Waals surface area contributed by atoms with Gasteiger partial charge in [0.15, 0.2) is 0 Å². The molecule has 0 unspecified atom stereocenters. The third-order valence-corrected chi connectivity index (χ3v) is 13.4. The number of aromatic nitrogens is 10. The van der Waals surface area contributed by atoms with Crippen LogP contribution in [-0.2, 0) is 38.7 Å². The summed E-state index contributed by atoms with van der Waals surface area (Å²) in [6.07, 6.45) is 6.13. The fraction of sp³-hybridized carbons (Fsp3) is 0.120. The maximum absolute atomic E-state index is 17.2. The van der Waals surface area contributed by atoms with E-state index in [1.54, 1.807) is 118 Å². The molecule has 0 bridgehead atoms. The van der Waals surface area contributed by atoms with Crippen LogP contribution in [0.2, 0.25) is 20.1 Å². The lowest BCUT2D eigenvalue weighted by Gasteiger charge is -2.28. The zero-order chi connectivity index (χ0) is 48.1. The molecule has 18 heteroatoms. The first-order valence-corrected chi connectivity index (χ1v) is 22.6. The summed E-state index contributed by atoms with van der Waals surface area (Å²) in [5.74, 6) is 0. The van der Waals surface area contributed by atoms with Gasteiger partial charge in [-0.2, -0.15) is 0 Å². The third kappa shape index (κ3) is 8.34. The van der Waals surface area contributed by atoms with E-state index in [-0.39, 0.29) is 22.4 Å². The fourth-order valence-electron chi connectivity index (χ4n) is 8.30. The zero-order valence-corrected chi connectivity index (χ0v) is 40.2. The minimum Gasteiger partial charge on any atom is -0.296 e. The van der Waals surface area contributed by atoms with E-state index in [0.29, 0.717) is 64.7 Å². The quantitative estimate of drug-likeness (QED) is 0.138. The van der Waals surface area contributed by atoms with Crippen LogP contribution in [0.1, 0.15) is 33.6 Å². The Bertz CT molecular complexity index is 3430. The van der Waals surface area contributed by atoms with Gasteiger partial charge in [-0.25, -0.2) is 23.7 Å². The van der Waals surface area contributed by atoms with Gasteiger partial charge in [0.1, 0.15) is 21.9 Å². The summed E-state index contributed by atoms with van der Waals surface area (Å²) < 4.78 is 23.2. The van der Waals surface area contributed by atoms with E-state index < -0.39 is 10.5 Å². The summed E-state index contributed by atoms with van der Waals surface area (Å²) in [5, 5.41) is 19.5. The van der Waals surface area contributed by atoms with Crippen molar-refractivity contribution in [3.05, 3.63) is 221 Å². The highest BCUT2D eigenvalue weighted by molar-refractivity contribution is 6.32. The molecule has 0 saturated heterocycles. The van der Waals surface area contributed by atoms with Crippen LogP contribution in [0.5, 0.6) is 0 Å². The Balaban J connectivity index is 0.000000170. The molecule has 0 aliphatic carbocycles. The zero-order valence-electron chi connectivity index (χ0n) is 36.4. The molecule has 6 aromatic heterocycles. The summed E-state index contributed by atoms with van der Waals surface area (Å²) in [7, 11) is 6.73. The standard InChI is InChI=1S/C25H18Cl3N5O.C25H18Cl2FN5O/c2*1-32-23(34)12-20(15-4-3-5-19(27)10-15)21-11-17(13-29-24(21)32)25(28,22-14-30-31-33(22)2)16-6-8-18(26)9-7-16/h2*3-14H,1-2H3/t2*25-/m11/s1. The Morgan fingerprint density at radius 3 is 1.38 bits per heavy atom. The molecule has 0 amide bonds. The molecule has 0 saturated carbocycles. The highest BCUT2D eigenvalue weighted by atomic mass is 35.5. The molecule has 6 heterocycles. The average molecular weight is 1010 g/mol. The van der Waals surface area contributed by atoms with Crippen LogP contribution in [-0.4, -0.2) is 49.1 Å². The molecule has 10 rings (SSSR count). The van der Waals surface area contributed by atoms with Crippen molar-refractivity contribution in [2.45, 2.75) is 10.5 Å². The number of fused-ring (bicyclic) bond motifs is 2. The van der Waals surface area contributed by atoms with Crippen molar-refractivity contribution in [1.29, 1.82) is 0 Å². The van der Waals surface area contributed by atoms with Crippen LogP contribution in [0.4, 0.5) is 4.39 Å². The Kier molecular flexibility index (Phi) is 12.5. The Morgan fingerprint density at radius 1 is 0.485 bits per heavy atom. The summed E-state index contributed by atoms with van der Waals surface area (Å²) >= 11 is 32.1. The third-order valence-electron chi connectivity index (χ3n) is 11.8. The number of hydrogen-bond donors (Lipinski definition) is 0. The second kappa shape index (κ2) is 18.4. The average Bonchev–Trinajstić information content (AvgIpc) is 3.99. The Hall–Kier alpha value is -6.74. The van der Waals surface area contributed by atoms with Crippen LogP contribution >= 0.6 is 58.0 Å². The SMILES string of the molecule is Cn1nncc1[C@@](Cl)(c1ccc(Cl)cc1)c1cnc2c(c1)c(-c1cccc(Cl)c1)cc(=O)n2C.Cn1nncc1[C@@](F)(c1ccc(Cl)cc1)c1cnc2c(c1)c(-c1cccc(Cl)c1)cc(=O)n2C. The molecule has 0 aliphatic rings. The van der Waals surface area contributed by atoms with E-state index in [9.17, 15) is 9.59 Å². The van der Waals surface area contributed by atoms with Crippen LogP contribution < -0.4 is 11.1 Å². The molecule has 0 aliphatic heterocycles. The number of benzene rings is 4. The summed E-state index contributed by atoms with van der Waals surface area (Å²) in [6.45, 7) is 0. The van der Waals surface area contributed by atoms with E-state index in [2.05, 4.69) is 30.6 Å². The van der Waals surface area contributed by atoms with Gasteiger partial charge in [-0.1, -0.05) is 105 Å². The topological polar surface area (TPSA) is 131 Å². The van der Waals surface area contributed by atoms with Crippen molar-refractivity contribution in [3.8, 4) is 22.3 Å². The van der Waals surface area contributed by atoms with Crippen molar-refractivity contribution >= 4 is 80.1 Å². The van der Waals surface area contributed by atoms with Crippen molar-refractivity contribution < 1.29 is 4.39 Å². The first-order valence-electron chi connectivity index (χ1n) is 20.7. The predicted octanol–water partition coefficient (Wildman–Crippen LogP) is 10.9. The Morgan fingerprint density at radius 2 is 0.926 bits per heavy atom. The van der Waals surface area contributed by atoms with Crippen molar-refractivity contribution in [1.82, 2.24) is 49.1 Å². The maximum Gasteiger partial charge on any atom is 0.252 e. The van der Waals surface area contributed by atoms with Gasteiger partial charge in [-0.3, -0.25) is 18.7 Å². The summed E-state index contributed by atoms with van der Waals surface area (Å²) in [5.41, 5.74) is 4.23. The molecular weight excluding hydrogens is 969 g/mol. The molecule has 2 atom stereocenters. The van der Waals surface area contributed by atoms with Crippen LogP contribution in [0, 0.1) is 0 Å². The maximum atomic E-state index is 17.2. The van der Waals surface area contributed by atoms with E-state index >= 15 is 4.39 Å². The molecule has 4 aromatic carbocycles. The summed E-state index contributed by atoms with van der Waals surface area (Å²) in [4.78, 5) is 33.4. The molecule has 68 heavy (non-hydrogen) atoms. The molecule has 0 radical (unpaired) electrons. The number of halogens is 6. The van der Waals surface area contributed by atoms with E-state index in [1.807, 2.05) is 42.5 Å². The smallest absolute Gasteiger partial charge is 0.252 e. The van der Waals surface area contributed by atoms with Gasteiger partial charge < -0.3 is 0 Å². The lowest BCUT2D eigenvalue weighted by Crippen LogP contribution is -2.27. The fourth-order valence-corrected chi connectivity index (χ4v) is 9.34. The second-order valence-corrected chi connectivity index (χ2v) is 18.3. The minimum absolute atomic E-state index is 0.173. The van der Waals surface area contributed by atoms with Gasteiger partial charge in [0.2, 0.25) is 5.67 Å². The lowest BCUT2D eigenvalue weighted by atomic mass is 9.85. The molecule has 0 N–H and O–H groups in total. The first kappa shape index (κ1) is 46.4. The van der Waals surface area contributed by atoms with E-state index in [0.717, 1.165) is 22.1 Å². The van der Waals surface area contributed by atoms with Gasteiger partial charge >= 0.3 is 0 Å². The largest absolute Gasteiger partial charge is 0.296 e. The lowest BCUT2D eigenvalue weighted by molar-refractivity contribution is 0.263. The highest BCUT2D eigenvalue weighted by Crippen LogP contribution is 2.45. The Labute approximate surface area is 412 Å². The molecule has 340 valence electrons. The normalized spacial score (nSPS) is 13.2. The first-order chi connectivity index (χ1) is 32.6. The molecular formula is C50H36Cl5FN10O2. The van der Waals surface area contributed by atoms with Crippen LogP contribution in [0.3, 0.4) is 0 Å². The van der Waals surface area contributed by atoms with E-state index in [1.165, 1.54) is 32.3 Å². The minimum atomic E-state index is -2.13. The molecule has 0 fully saturated rings. The summed E-state index contributed by atoms with van der Waals surface area (Å²) in [6, 6.07) is 35.1. The van der Waals surface area contributed by atoms with Crippen molar-refractivity contribution in [3.63, 3.8) is 0 Å². The van der Waals surface area contributed by atoms with Crippen LogP contribution in [0.15, 0.2) is 156 Å². The van der Waals surface area contributed by atoms with Gasteiger partial charge in [-0.15, -0.1) is 21.8 Å². The number of alkyl halides is 2. The molecule has 12 nitrogen and oxygen atoms in total. The predicted molar refractivity (Wildman–Crippen MR) is 266 cm³/mol. The number of aryl methyl sites for hydroxylation is 4. The van der Waals surface area contributed by atoms with Gasteiger partial charge in [0.05, 0.1) is 18.1 Å². The number of rotatable bonds is 8. The van der Waals surface area contributed by atoms with Gasteiger partial charge in [0, 0.05) is 94.7 Å². The van der Waals surface area contributed by atoms with Gasteiger partial charge in [-0.05, 0) is 94.0 Å². The number of hydrogen-bond acceptors (Lipinski definition) is 8.